The van der Waals surface area contributed by atoms with Crippen LogP contribution in [0.15, 0.2) is 35.1 Å². The Morgan fingerprint density at radius 2 is 1.89 bits per heavy atom. The molecule has 196 valence electrons. The maximum atomic E-state index is 13.8. The van der Waals surface area contributed by atoms with Gasteiger partial charge >= 0.3 is 0 Å². The molecule has 0 aliphatic heterocycles. The first-order valence-electron chi connectivity index (χ1n) is 12.5. The summed E-state index contributed by atoms with van der Waals surface area (Å²) in [6.45, 7) is 14.8. The van der Waals surface area contributed by atoms with Crippen LogP contribution in [0.2, 0.25) is 18.1 Å². The molecule has 3 aromatic heterocycles. The van der Waals surface area contributed by atoms with Crippen molar-refractivity contribution in [3.63, 3.8) is 0 Å². The third-order valence-corrected chi connectivity index (χ3v) is 11.8. The highest BCUT2D eigenvalue weighted by atomic mass is 28.4. The largest absolute Gasteiger partial charge is 0.446 e. The predicted octanol–water partition coefficient (Wildman–Crippen LogP) is 6.97. The number of pyridine rings is 1. The molecule has 10 heteroatoms. The second kappa shape index (κ2) is 9.70. The van der Waals surface area contributed by atoms with E-state index in [2.05, 4.69) is 49.3 Å². The van der Waals surface area contributed by atoms with Gasteiger partial charge in [0.2, 0.25) is 11.8 Å². The van der Waals surface area contributed by atoms with Gasteiger partial charge in [0.15, 0.2) is 20.2 Å². The van der Waals surface area contributed by atoms with Crippen molar-refractivity contribution in [3.05, 3.63) is 53.5 Å². The number of halogens is 2. The molecular formula is C26H37F2N5O2Si. The van der Waals surface area contributed by atoms with Gasteiger partial charge in [0, 0.05) is 30.1 Å². The van der Waals surface area contributed by atoms with E-state index >= 15 is 0 Å². The van der Waals surface area contributed by atoms with Gasteiger partial charge in [-0.3, -0.25) is 0 Å². The molecule has 0 bridgehead atoms. The normalized spacial score (nSPS) is 17.8. The highest BCUT2D eigenvalue weighted by Gasteiger charge is 2.42. The van der Waals surface area contributed by atoms with E-state index in [1.165, 1.54) is 6.26 Å². The van der Waals surface area contributed by atoms with Crippen LogP contribution in [0, 0.1) is 13.8 Å². The summed E-state index contributed by atoms with van der Waals surface area (Å²) in [4.78, 5) is 9.36. The fourth-order valence-electron chi connectivity index (χ4n) is 4.23. The Labute approximate surface area is 212 Å². The SMILES string of the molecule is Cc1cc(C)n(-c2ccc(C(O[Si](C)(C)C(C)(C)C)c3ncco3)c(NC3CCC(F)(F)CC3)n2)n1. The molecule has 1 N–H and O–H groups in total. The van der Waals surface area contributed by atoms with E-state index in [0.717, 1.165) is 17.0 Å². The van der Waals surface area contributed by atoms with Crippen LogP contribution in [0.1, 0.15) is 75.4 Å². The summed E-state index contributed by atoms with van der Waals surface area (Å²) in [7, 11) is -2.26. The standard InChI is InChI=1S/C26H37F2N5O2Si/c1-17-16-18(2)33(32-17)21-9-8-20(23(31-21)30-19-10-12-26(27,28)13-11-19)22(24-29-14-15-34-24)35-36(6,7)25(3,4)5/h8-9,14-16,19,22H,10-13H2,1-7H3,(H,30,31). The topological polar surface area (TPSA) is 78.0 Å². The second-order valence-electron chi connectivity index (χ2n) is 11.3. The first-order chi connectivity index (χ1) is 16.8. The van der Waals surface area contributed by atoms with Crippen molar-refractivity contribution < 1.29 is 17.6 Å². The van der Waals surface area contributed by atoms with Crippen molar-refractivity contribution >= 4 is 14.1 Å². The summed E-state index contributed by atoms with van der Waals surface area (Å²) in [6, 6.07) is 5.73. The first-order valence-corrected chi connectivity index (χ1v) is 15.4. The molecule has 7 nitrogen and oxygen atoms in total. The number of oxazole rings is 1. The number of nitrogens with one attached hydrogen (secondary N) is 1. The van der Waals surface area contributed by atoms with E-state index in [1.54, 1.807) is 10.9 Å². The molecule has 36 heavy (non-hydrogen) atoms. The van der Waals surface area contributed by atoms with Crippen LogP contribution in [0.3, 0.4) is 0 Å². The Morgan fingerprint density at radius 3 is 2.44 bits per heavy atom. The Bertz CT molecular complexity index is 1180. The Morgan fingerprint density at radius 1 is 1.19 bits per heavy atom. The fraction of sp³-hybridized carbons (Fsp3) is 0.577. The number of nitrogens with zero attached hydrogens (tertiary/aromatic N) is 4. The van der Waals surface area contributed by atoms with Crippen LogP contribution in [-0.2, 0) is 4.43 Å². The molecule has 1 aliphatic rings. The minimum atomic E-state index is -2.61. The van der Waals surface area contributed by atoms with Gasteiger partial charge in [-0.25, -0.2) is 23.4 Å². The van der Waals surface area contributed by atoms with Crippen LogP contribution in [0.5, 0.6) is 0 Å². The lowest BCUT2D eigenvalue weighted by atomic mass is 9.92. The molecule has 1 atom stereocenters. The maximum absolute atomic E-state index is 13.8. The van der Waals surface area contributed by atoms with E-state index in [-0.39, 0.29) is 23.9 Å². The average Bonchev–Trinajstić information content (AvgIpc) is 3.42. The van der Waals surface area contributed by atoms with Crippen molar-refractivity contribution in [2.24, 2.45) is 0 Å². The van der Waals surface area contributed by atoms with Crippen molar-refractivity contribution in [1.29, 1.82) is 0 Å². The number of hydrogen-bond acceptors (Lipinski definition) is 6. The number of aromatic nitrogens is 4. The van der Waals surface area contributed by atoms with Gasteiger partial charge in [0.05, 0.1) is 11.9 Å². The number of aryl methyl sites for hydroxylation is 2. The average molecular weight is 518 g/mol. The summed E-state index contributed by atoms with van der Waals surface area (Å²) in [6.07, 6.45) is 3.00. The van der Waals surface area contributed by atoms with Gasteiger partial charge in [0.1, 0.15) is 12.1 Å². The molecule has 3 aromatic rings. The molecule has 4 rings (SSSR count). The summed E-state index contributed by atoms with van der Waals surface area (Å²) >= 11 is 0. The van der Waals surface area contributed by atoms with Crippen LogP contribution >= 0.6 is 0 Å². The maximum Gasteiger partial charge on any atom is 0.248 e. The Kier molecular flexibility index (Phi) is 7.13. The highest BCUT2D eigenvalue weighted by molar-refractivity contribution is 6.74. The molecule has 0 amide bonds. The lowest BCUT2D eigenvalue weighted by molar-refractivity contribution is -0.0361. The van der Waals surface area contributed by atoms with Gasteiger partial charge in [-0.15, -0.1) is 0 Å². The van der Waals surface area contributed by atoms with E-state index in [9.17, 15) is 8.78 Å². The first kappa shape index (κ1) is 26.5. The highest BCUT2D eigenvalue weighted by Crippen LogP contribution is 2.43. The zero-order chi connectivity index (χ0) is 26.3. The van der Waals surface area contributed by atoms with Gasteiger partial charge < -0.3 is 14.2 Å². The summed E-state index contributed by atoms with van der Waals surface area (Å²) in [5, 5.41) is 8.00. The van der Waals surface area contributed by atoms with Gasteiger partial charge in [-0.05, 0) is 63.0 Å². The van der Waals surface area contributed by atoms with Crippen LogP contribution < -0.4 is 5.32 Å². The monoisotopic (exact) mass is 517 g/mol. The molecule has 1 unspecified atom stereocenters. The zero-order valence-corrected chi connectivity index (χ0v) is 23.2. The fourth-order valence-corrected chi connectivity index (χ4v) is 5.40. The van der Waals surface area contributed by atoms with Gasteiger partial charge in [0.25, 0.3) is 0 Å². The quantitative estimate of drug-likeness (QED) is 0.341. The number of alkyl halides is 2. The molecule has 1 aliphatic carbocycles. The number of anilines is 1. The van der Waals surface area contributed by atoms with Crippen LogP contribution in [-0.4, -0.2) is 40.0 Å². The van der Waals surface area contributed by atoms with E-state index in [4.69, 9.17) is 13.8 Å². The number of rotatable bonds is 7. The van der Waals surface area contributed by atoms with Crippen molar-refractivity contribution in [3.8, 4) is 5.82 Å². The molecule has 0 saturated heterocycles. The Hall–Kier alpha value is -2.59. The predicted molar refractivity (Wildman–Crippen MR) is 138 cm³/mol. The van der Waals surface area contributed by atoms with Crippen LogP contribution in [0.4, 0.5) is 14.6 Å². The molecule has 3 heterocycles. The molecular weight excluding hydrogens is 480 g/mol. The van der Waals surface area contributed by atoms with E-state index < -0.39 is 20.3 Å². The molecule has 0 aromatic carbocycles. The number of hydrogen-bond donors (Lipinski definition) is 1. The third-order valence-electron chi connectivity index (χ3n) is 7.37. The summed E-state index contributed by atoms with van der Waals surface area (Å²) in [5.74, 6) is -0.936. The lowest BCUT2D eigenvalue weighted by Crippen LogP contribution is -2.42. The Balaban J connectivity index is 1.78. The lowest BCUT2D eigenvalue weighted by Gasteiger charge is -2.39. The molecule has 0 radical (unpaired) electrons. The smallest absolute Gasteiger partial charge is 0.248 e. The van der Waals surface area contributed by atoms with Gasteiger partial charge in [-0.1, -0.05) is 20.8 Å². The van der Waals surface area contributed by atoms with E-state index in [0.29, 0.717) is 30.4 Å². The third kappa shape index (κ3) is 5.69. The molecule has 1 saturated carbocycles. The van der Waals surface area contributed by atoms with Crippen molar-refractivity contribution in [1.82, 2.24) is 19.7 Å². The van der Waals surface area contributed by atoms with Crippen molar-refractivity contribution in [2.45, 2.75) is 96.5 Å². The summed E-state index contributed by atoms with van der Waals surface area (Å²) in [5.41, 5.74) is 2.61. The van der Waals surface area contributed by atoms with Crippen molar-refractivity contribution in [2.75, 3.05) is 5.32 Å². The minimum absolute atomic E-state index is 0.0442. The molecule has 0 spiro atoms. The minimum Gasteiger partial charge on any atom is -0.446 e. The second-order valence-corrected chi connectivity index (χ2v) is 16.1. The van der Waals surface area contributed by atoms with E-state index in [1.807, 2.05) is 32.0 Å². The van der Waals surface area contributed by atoms with Crippen LogP contribution in [0.25, 0.3) is 5.82 Å². The molecule has 1 fully saturated rings. The summed E-state index contributed by atoms with van der Waals surface area (Å²) < 4.78 is 42.0. The zero-order valence-electron chi connectivity index (χ0n) is 22.2. The van der Waals surface area contributed by atoms with Gasteiger partial charge in [-0.2, -0.15) is 5.10 Å².